The lowest BCUT2D eigenvalue weighted by atomic mass is 9.79. The van der Waals surface area contributed by atoms with Gasteiger partial charge in [-0.3, -0.25) is 0 Å². The average molecular weight is 696 g/mol. The van der Waals surface area contributed by atoms with Crippen LogP contribution in [0.4, 0.5) is 0 Å². The standard InChI is InChI=1S/C49H65N3/c1-4-6-7-18-39(5-2)40-29-31-42(32-30-40)45-34-33-44(47-24-12-13-25-48(45)47)37(3)27-28-38(17-8-10-21-43(51)22-14-15-35-50)36-52-49-26-16-20-41-19-9-11-23-46(41)49/h8,10,12-15,18,21,24-25,27-32,49,52H,4-7,9,11,16-17,19-20,22-23,26,33-36,50-51H2,1-3H3/b10-8-,15-14-,37-27+,38-28-,39-18+,43-21-. The molecule has 0 aromatic heterocycles. The highest BCUT2D eigenvalue weighted by Gasteiger charge is 2.24. The molecule has 0 amide bonds. The zero-order chi connectivity index (χ0) is 36.5. The van der Waals surface area contributed by atoms with E-state index in [4.69, 9.17) is 11.5 Å². The minimum Gasteiger partial charge on any atom is -0.402 e. The lowest BCUT2D eigenvalue weighted by Crippen LogP contribution is -2.36. The van der Waals surface area contributed by atoms with E-state index in [9.17, 15) is 0 Å². The molecule has 0 saturated heterocycles. The van der Waals surface area contributed by atoms with Crippen LogP contribution in [0.5, 0.6) is 0 Å². The van der Waals surface area contributed by atoms with Crippen molar-refractivity contribution in [3.63, 3.8) is 0 Å². The highest BCUT2D eigenvalue weighted by molar-refractivity contribution is 5.76. The van der Waals surface area contributed by atoms with E-state index in [1.165, 1.54) is 114 Å². The van der Waals surface area contributed by atoms with Gasteiger partial charge in [0.05, 0.1) is 0 Å². The first-order valence-electron chi connectivity index (χ1n) is 20.4. The topological polar surface area (TPSA) is 64.1 Å². The van der Waals surface area contributed by atoms with Crippen LogP contribution in [-0.4, -0.2) is 19.1 Å². The number of fused-ring (bicyclic) bond motifs is 1. The van der Waals surface area contributed by atoms with Crippen molar-refractivity contribution < 1.29 is 0 Å². The molecule has 0 fully saturated rings. The lowest BCUT2D eigenvalue weighted by molar-refractivity contribution is 0.456. The molecule has 0 aliphatic heterocycles. The highest BCUT2D eigenvalue weighted by Crippen LogP contribution is 2.36. The van der Waals surface area contributed by atoms with Crippen molar-refractivity contribution in [3.8, 4) is 0 Å². The molecule has 2 aromatic rings. The Balaban J connectivity index is 1.41. The van der Waals surface area contributed by atoms with Crippen molar-refractivity contribution in [1.82, 2.24) is 5.32 Å². The molecule has 1 atom stereocenters. The zero-order valence-corrected chi connectivity index (χ0v) is 32.5. The van der Waals surface area contributed by atoms with Crippen LogP contribution in [0.15, 0.2) is 125 Å². The van der Waals surface area contributed by atoms with Crippen molar-refractivity contribution >= 4 is 16.7 Å². The van der Waals surface area contributed by atoms with Gasteiger partial charge < -0.3 is 16.8 Å². The van der Waals surface area contributed by atoms with Gasteiger partial charge in [-0.05, 0) is 134 Å². The van der Waals surface area contributed by atoms with Gasteiger partial charge in [0.1, 0.15) is 0 Å². The van der Waals surface area contributed by atoms with Crippen molar-refractivity contribution in [2.45, 2.75) is 123 Å². The van der Waals surface area contributed by atoms with E-state index in [2.05, 4.69) is 105 Å². The third kappa shape index (κ3) is 11.0. The predicted molar refractivity (Wildman–Crippen MR) is 227 cm³/mol. The minimum absolute atomic E-state index is 0.527. The fraction of sp³-hybridized carbons (Fsp3) is 0.429. The summed E-state index contributed by atoms with van der Waals surface area (Å²) in [4.78, 5) is 0. The Morgan fingerprint density at radius 2 is 1.62 bits per heavy atom. The van der Waals surface area contributed by atoms with Gasteiger partial charge in [-0.1, -0.05) is 134 Å². The summed E-state index contributed by atoms with van der Waals surface area (Å²) in [5.74, 6) is 0. The number of nitrogens with two attached hydrogens (primary N) is 2. The van der Waals surface area contributed by atoms with Crippen LogP contribution in [0.3, 0.4) is 0 Å². The fourth-order valence-electron chi connectivity index (χ4n) is 8.28. The average Bonchev–Trinajstić information content (AvgIpc) is 3.18. The Morgan fingerprint density at radius 3 is 2.40 bits per heavy atom. The van der Waals surface area contributed by atoms with E-state index < -0.39 is 0 Å². The van der Waals surface area contributed by atoms with Crippen molar-refractivity contribution in [2.75, 3.05) is 13.1 Å². The molecule has 0 heterocycles. The van der Waals surface area contributed by atoms with E-state index in [0.717, 1.165) is 44.3 Å². The quantitative estimate of drug-likeness (QED) is 0.0877. The van der Waals surface area contributed by atoms with Gasteiger partial charge in [0, 0.05) is 31.2 Å². The zero-order valence-electron chi connectivity index (χ0n) is 32.5. The Morgan fingerprint density at radius 1 is 0.827 bits per heavy atom. The van der Waals surface area contributed by atoms with Gasteiger partial charge in [-0.25, -0.2) is 0 Å². The smallest absolute Gasteiger partial charge is 0.0285 e. The molecule has 52 heavy (non-hydrogen) atoms. The minimum atomic E-state index is 0.527. The van der Waals surface area contributed by atoms with Crippen LogP contribution in [0.2, 0.25) is 0 Å². The Kier molecular flexibility index (Phi) is 15.8. The second-order valence-corrected chi connectivity index (χ2v) is 14.9. The molecular formula is C49H65N3. The van der Waals surface area contributed by atoms with Crippen molar-refractivity contribution in [2.24, 2.45) is 11.5 Å². The van der Waals surface area contributed by atoms with Crippen LogP contribution in [0.1, 0.15) is 128 Å². The van der Waals surface area contributed by atoms with E-state index in [1.54, 1.807) is 11.1 Å². The molecular weight excluding hydrogens is 631 g/mol. The monoisotopic (exact) mass is 696 g/mol. The summed E-state index contributed by atoms with van der Waals surface area (Å²) in [5.41, 5.74) is 26.0. The number of benzene rings is 2. The van der Waals surface area contributed by atoms with Gasteiger partial charge in [0.2, 0.25) is 0 Å². The summed E-state index contributed by atoms with van der Waals surface area (Å²) in [6.45, 7) is 8.30. The third-order valence-electron chi connectivity index (χ3n) is 11.3. The largest absolute Gasteiger partial charge is 0.402 e. The predicted octanol–water partition coefficient (Wildman–Crippen LogP) is 10.4. The maximum atomic E-state index is 6.23. The fourth-order valence-corrected chi connectivity index (χ4v) is 8.28. The van der Waals surface area contributed by atoms with Gasteiger partial charge in [-0.15, -0.1) is 0 Å². The highest BCUT2D eigenvalue weighted by atomic mass is 14.9. The molecule has 0 radical (unpaired) electrons. The number of rotatable bonds is 17. The molecule has 5 rings (SSSR count). The molecule has 276 valence electrons. The molecule has 0 saturated carbocycles. The van der Waals surface area contributed by atoms with Gasteiger partial charge in [-0.2, -0.15) is 0 Å². The van der Waals surface area contributed by atoms with Gasteiger partial charge in [0.15, 0.2) is 0 Å². The molecule has 3 aliphatic carbocycles. The first-order chi connectivity index (χ1) is 25.5. The van der Waals surface area contributed by atoms with Crippen LogP contribution in [-0.2, 0) is 0 Å². The molecule has 3 aliphatic rings. The summed E-state index contributed by atoms with van der Waals surface area (Å²) in [6.07, 6.45) is 35.3. The molecule has 5 N–H and O–H groups in total. The van der Waals surface area contributed by atoms with E-state index in [0.29, 0.717) is 12.6 Å². The molecule has 3 nitrogen and oxygen atoms in total. The van der Waals surface area contributed by atoms with Crippen LogP contribution < -0.4 is 27.2 Å². The first kappa shape index (κ1) is 39.3. The summed E-state index contributed by atoms with van der Waals surface area (Å²) in [6, 6.07) is 19.0. The summed E-state index contributed by atoms with van der Waals surface area (Å²) < 4.78 is 0. The summed E-state index contributed by atoms with van der Waals surface area (Å²) in [5, 5.41) is 6.77. The van der Waals surface area contributed by atoms with E-state index in [-0.39, 0.29) is 0 Å². The summed E-state index contributed by atoms with van der Waals surface area (Å²) in [7, 11) is 0. The number of allylic oxidation sites excluding steroid dienone is 10. The lowest BCUT2D eigenvalue weighted by Gasteiger charge is -2.33. The van der Waals surface area contributed by atoms with Crippen LogP contribution in [0.25, 0.3) is 16.7 Å². The van der Waals surface area contributed by atoms with Crippen molar-refractivity contribution in [3.05, 3.63) is 147 Å². The van der Waals surface area contributed by atoms with Crippen LogP contribution in [0, 0.1) is 0 Å². The van der Waals surface area contributed by atoms with E-state index >= 15 is 0 Å². The molecule has 2 aromatic carbocycles. The maximum Gasteiger partial charge on any atom is 0.0285 e. The number of hydrogen-bond donors (Lipinski definition) is 3. The van der Waals surface area contributed by atoms with Crippen molar-refractivity contribution in [1.29, 1.82) is 0 Å². The number of nitrogens with one attached hydrogen (secondary N) is 1. The Labute approximate surface area is 315 Å². The molecule has 0 spiro atoms. The van der Waals surface area contributed by atoms with Crippen LogP contribution >= 0.6 is 0 Å². The number of unbranched alkanes of at least 4 members (excludes halogenated alkanes) is 2. The first-order valence-corrected chi connectivity index (χ1v) is 20.4. The van der Waals surface area contributed by atoms with Gasteiger partial charge >= 0.3 is 0 Å². The van der Waals surface area contributed by atoms with E-state index in [1.807, 2.05) is 18.2 Å². The maximum absolute atomic E-state index is 6.23. The number of hydrogen-bond acceptors (Lipinski definition) is 3. The van der Waals surface area contributed by atoms with Gasteiger partial charge in [0.25, 0.3) is 0 Å². The molecule has 0 bridgehead atoms. The second kappa shape index (κ2) is 20.9. The normalized spacial score (nSPS) is 19.2. The molecule has 1 unspecified atom stereocenters. The Hall–Kier alpha value is -3.92. The summed E-state index contributed by atoms with van der Waals surface area (Å²) >= 11 is 0. The molecule has 3 heteroatoms. The SMILES string of the molecule is CCCC/C=C(\CC)c1ccc(C2=c3ccccc3=C(/C(C)=C/C=C(/C/C=C\C=C(/N)C/C=C\CN)CNC3CCCC4=C3CCCC4)CC2)cc1. The second-order valence-electron chi connectivity index (χ2n) is 14.9. The third-order valence-corrected chi connectivity index (χ3v) is 11.3. The Bertz CT molecular complexity index is 1820.